The zero-order valence-corrected chi connectivity index (χ0v) is 39.2. The molecule has 5 nitrogen and oxygen atoms in total. The molecule has 50 heavy (non-hydrogen) atoms. The van der Waals surface area contributed by atoms with Crippen LogP contribution in [-0.2, 0) is 0 Å². The largest absolute Gasteiger partial charge is 0.297 e. The van der Waals surface area contributed by atoms with Crippen molar-refractivity contribution >= 4 is 0 Å². The minimum absolute atomic E-state index is 0.319. The van der Waals surface area contributed by atoms with Gasteiger partial charge in [0.2, 0.25) is 0 Å². The topological polar surface area (TPSA) is 16.2 Å². The number of nitrogens with zero attached hydrogens (tertiary/aromatic N) is 5. The van der Waals surface area contributed by atoms with E-state index in [1.165, 1.54) is 65.1 Å². The Hall–Kier alpha value is -0.460. The lowest BCUT2D eigenvalue weighted by atomic mass is 9.82. The van der Waals surface area contributed by atoms with Crippen LogP contribution in [0.3, 0.4) is 0 Å². The Kier molecular flexibility index (Phi) is 22.1. The molecule has 302 valence electrons. The van der Waals surface area contributed by atoms with E-state index >= 15 is 0 Å². The van der Waals surface area contributed by atoms with E-state index in [4.69, 9.17) is 0 Å². The maximum Gasteiger partial charge on any atom is 0.0244 e. The van der Waals surface area contributed by atoms with Crippen molar-refractivity contribution in [3.63, 3.8) is 0 Å². The van der Waals surface area contributed by atoms with Gasteiger partial charge in [-0.05, 0) is 142 Å². The van der Waals surface area contributed by atoms with E-state index in [9.17, 15) is 0 Å². The molecule has 2 atom stereocenters. The molecule has 5 heteroatoms. The third kappa shape index (κ3) is 17.6. The smallest absolute Gasteiger partial charge is 0.0244 e. The first-order valence-corrected chi connectivity index (χ1v) is 21.1. The Bertz CT molecular complexity index is 862. The van der Waals surface area contributed by atoms with Crippen molar-refractivity contribution in [1.82, 2.24) is 24.5 Å². The predicted octanol–water partition coefficient (Wildman–Crippen LogP) is 11.5. The highest BCUT2D eigenvalue weighted by Gasteiger charge is 2.49. The van der Waals surface area contributed by atoms with Crippen molar-refractivity contribution in [2.24, 2.45) is 5.41 Å². The maximum absolute atomic E-state index is 2.69. The van der Waals surface area contributed by atoms with E-state index in [-0.39, 0.29) is 0 Å². The summed E-state index contributed by atoms with van der Waals surface area (Å²) in [4.78, 5) is 13.2. The number of likely N-dealkylation sites (tertiary alicyclic amines) is 2. The van der Waals surface area contributed by atoms with Gasteiger partial charge in [0.1, 0.15) is 0 Å². The van der Waals surface area contributed by atoms with Gasteiger partial charge in [-0.15, -0.1) is 0 Å². The van der Waals surface area contributed by atoms with Crippen LogP contribution in [0.1, 0.15) is 185 Å². The summed E-state index contributed by atoms with van der Waals surface area (Å²) in [5.74, 6) is 0. The Morgan fingerprint density at radius 2 is 0.780 bits per heavy atom. The standard InChI is InChI=1S/C13H26N2.C13H28N2.C13H25N.3C2H6/c1-12(2,3)14-8-11-7-10(14)9-15(11)13(4,5)6;1-12(2,3)14-8-7-9-15(11-10-14)13(4,5)6;1-12(2,3)11-7-9-14(10-8-11)13(4,5)6;3*1-2/h10-11H,7-9H2,1-6H3;7-11H2,1-6H3;7H,8-10H2,1-6H3;3*1-2H3. The summed E-state index contributed by atoms with van der Waals surface area (Å²) in [6, 6.07) is 1.60. The summed E-state index contributed by atoms with van der Waals surface area (Å²) in [6.07, 6.45) is 6.35. The highest BCUT2D eigenvalue weighted by molar-refractivity contribution is 5.15. The fourth-order valence-corrected chi connectivity index (χ4v) is 7.53. The number of hydrogen-bond donors (Lipinski definition) is 0. The molecule has 3 saturated heterocycles. The normalized spacial score (nSPS) is 23.2. The van der Waals surface area contributed by atoms with Crippen LogP contribution in [0, 0.1) is 5.41 Å². The average molecular weight is 708 g/mol. The van der Waals surface area contributed by atoms with Gasteiger partial charge < -0.3 is 0 Å². The van der Waals surface area contributed by atoms with E-state index in [2.05, 4.69) is 155 Å². The lowest BCUT2D eigenvalue weighted by Crippen LogP contribution is -2.57. The van der Waals surface area contributed by atoms with Gasteiger partial charge in [0.05, 0.1) is 0 Å². The quantitative estimate of drug-likeness (QED) is 0.232. The van der Waals surface area contributed by atoms with Crippen molar-refractivity contribution in [3.05, 3.63) is 11.6 Å². The molecule has 2 unspecified atom stereocenters. The van der Waals surface area contributed by atoms with Crippen LogP contribution in [0.5, 0.6) is 0 Å². The van der Waals surface area contributed by atoms with Crippen molar-refractivity contribution in [2.75, 3.05) is 52.4 Å². The van der Waals surface area contributed by atoms with Crippen molar-refractivity contribution in [3.8, 4) is 0 Å². The van der Waals surface area contributed by atoms with Crippen LogP contribution in [0.4, 0.5) is 0 Å². The van der Waals surface area contributed by atoms with E-state index in [1.807, 2.05) is 41.5 Å². The summed E-state index contributed by atoms with van der Waals surface area (Å²) < 4.78 is 0. The van der Waals surface area contributed by atoms with E-state index in [0.29, 0.717) is 33.1 Å². The van der Waals surface area contributed by atoms with Crippen LogP contribution in [0.25, 0.3) is 0 Å². The minimum atomic E-state index is 0.319. The Morgan fingerprint density at radius 3 is 1.00 bits per heavy atom. The highest BCUT2D eigenvalue weighted by atomic mass is 15.4. The molecule has 4 aliphatic rings. The molecule has 4 heterocycles. The first-order chi connectivity index (χ1) is 22.6. The molecule has 2 bridgehead atoms. The summed E-state index contributed by atoms with van der Waals surface area (Å²) >= 11 is 0. The minimum Gasteiger partial charge on any atom is -0.297 e. The molecular weight excluding hydrogens is 611 g/mol. The fraction of sp³-hybridized carbons (Fsp3) is 0.956. The van der Waals surface area contributed by atoms with E-state index in [1.54, 1.807) is 5.57 Å². The molecule has 0 radical (unpaired) electrons. The van der Waals surface area contributed by atoms with Crippen molar-refractivity contribution in [2.45, 2.75) is 225 Å². The van der Waals surface area contributed by atoms with Crippen molar-refractivity contribution < 1.29 is 0 Å². The zero-order valence-electron chi connectivity index (χ0n) is 39.2. The third-order valence-corrected chi connectivity index (χ3v) is 10.5. The van der Waals surface area contributed by atoms with Crippen molar-refractivity contribution in [1.29, 1.82) is 0 Å². The Labute approximate surface area is 318 Å². The average Bonchev–Trinajstić information content (AvgIpc) is 3.52. The molecule has 0 aromatic carbocycles. The van der Waals surface area contributed by atoms with Gasteiger partial charge in [-0.2, -0.15) is 0 Å². The Morgan fingerprint density at radius 1 is 0.440 bits per heavy atom. The van der Waals surface area contributed by atoms with Gasteiger partial charge >= 0.3 is 0 Å². The monoisotopic (exact) mass is 708 g/mol. The molecule has 0 saturated carbocycles. The molecule has 0 aromatic heterocycles. The number of piperazine rings is 1. The number of rotatable bonds is 0. The first-order valence-electron chi connectivity index (χ1n) is 21.1. The second-order valence-electron chi connectivity index (χ2n) is 20.2. The molecule has 0 aliphatic carbocycles. The second-order valence-corrected chi connectivity index (χ2v) is 20.2. The summed E-state index contributed by atoms with van der Waals surface area (Å²) in [6.45, 7) is 63.6. The Balaban J connectivity index is 0. The van der Waals surface area contributed by atoms with Crippen LogP contribution in [-0.4, -0.2) is 117 Å². The zero-order chi connectivity index (χ0) is 40.1. The molecule has 0 spiro atoms. The van der Waals surface area contributed by atoms with Gasteiger partial charge in [0.25, 0.3) is 0 Å². The fourth-order valence-electron chi connectivity index (χ4n) is 7.53. The van der Waals surface area contributed by atoms with Gasteiger partial charge in [-0.1, -0.05) is 74.0 Å². The number of hydrogen-bond acceptors (Lipinski definition) is 5. The summed E-state index contributed by atoms with van der Waals surface area (Å²) in [7, 11) is 0. The SMILES string of the molecule is CC.CC.CC.CC(C)(C)C1=CCN(C(C)(C)C)CC1.CC(C)(C)N1CC2CC1CN2C(C)(C)C.CC(C)(C)N1CCCN(C(C)(C)C)CC1. The van der Waals surface area contributed by atoms with E-state index < -0.39 is 0 Å². The van der Waals surface area contributed by atoms with Gasteiger partial charge in [0, 0.05) is 79.0 Å². The molecule has 0 aromatic rings. The predicted molar refractivity (Wildman–Crippen MR) is 230 cm³/mol. The van der Waals surface area contributed by atoms with Crippen LogP contribution in [0.15, 0.2) is 11.6 Å². The summed E-state index contributed by atoms with van der Waals surface area (Å²) in [5.41, 5.74) is 3.66. The van der Waals surface area contributed by atoms with Gasteiger partial charge in [-0.3, -0.25) is 24.5 Å². The molecule has 4 aliphatic heterocycles. The van der Waals surface area contributed by atoms with Gasteiger partial charge in [-0.25, -0.2) is 0 Å². The molecule has 4 rings (SSSR count). The molecular formula is C45H97N5. The molecule has 0 amide bonds. The van der Waals surface area contributed by atoms with Crippen LogP contribution < -0.4 is 0 Å². The highest BCUT2D eigenvalue weighted by Crippen LogP contribution is 2.39. The first kappa shape index (κ1) is 51.6. The molecule has 3 fully saturated rings. The summed E-state index contributed by atoms with van der Waals surface area (Å²) in [5, 5.41) is 0. The van der Waals surface area contributed by atoms with E-state index in [0.717, 1.165) is 18.6 Å². The number of fused-ring (bicyclic) bond motifs is 2. The lowest BCUT2D eigenvalue weighted by molar-refractivity contribution is 0.0179. The lowest BCUT2D eigenvalue weighted by Gasteiger charge is -2.46. The van der Waals surface area contributed by atoms with Gasteiger partial charge in [0.15, 0.2) is 0 Å². The maximum atomic E-state index is 2.69. The second kappa shape index (κ2) is 21.4. The molecule has 0 N–H and O–H groups in total. The van der Waals surface area contributed by atoms with Crippen LogP contribution in [0.2, 0.25) is 0 Å². The van der Waals surface area contributed by atoms with Crippen LogP contribution >= 0.6 is 0 Å². The third-order valence-electron chi connectivity index (χ3n) is 10.5.